The van der Waals surface area contributed by atoms with E-state index in [1.54, 1.807) is 6.92 Å². The molecule has 124 valence electrons. The smallest absolute Gasteiger partial charge is 0.231 e. The number of aryl methyl sites for hydroxylation is 1. The van der Waals surface area contributed by atoms with Crippen LogP contribution >= 0.6 is 0 Å². The molecule has 7 heteroatoms. The van der Waals surface area contributed by atoms with Gasteiger partial charge >= 0.3 is 0 Å². The molecule has 7 nitrogen and oxygen atoms in total. The number of likely N-dealkylation sites (tertiary alicyclic amines) is 1. The maximum Gasteiger partial charge on any atom is 0.231 e. The number of piperidine rings is 1. The van der Waals surface area contributed by atoms with Crippen molar-refractivity contribution < 1.29 is 8.94 Å². The minimum atomic E-state index is 0.243. The van der Waals surface area contributed by atoms with Crippen LogP contribution in [0.4, 0.5) is 0 Å². The second kappa shape index (κ2) is 6.52. The summed E-state index contributed by atoms with van der Waals surface area (Å²) in [6.07, 6.45) is 2.14. The number of hydrogen-bond donors (Lipinski definition) is 0. The lowest BCUT2D eigenvalue weighted by molar-refractivity contribution is 0.166. The molecule has 1 fully saturated rings. The molecule has 1 aromatic carbocycles. The van der Waals surface area contributed by atoms with Crippen molar-refractivity contribution in [1.82, 2.24) is 25.2 Å². The summed E-state index contributed by atoms with van der Waals surface area (Å²) in [5, 5.41) is 12.1. The van der Waals surface area contributed by atoms with E-state index in [4.69, 9.17) is 8.94 Å². The first-order valence-electron chi connectivity index (χ1n) is 8.18. The van der Waals surface area contributed by atoms with E-state index in [1.165, 1.54) is 0 Å². The van der Waals surface area contributed by atoms with E-state index in [0.717, 1.165) is 31.5 Å². The van der Waals surface area contributed by atoms with Crippen LogP contribution in [0.5, 0.6) is 0 Å². The van der Waals surface area contributed by atoms with Crippen molar-refractivity contribution in [3.8, 4) is 11.4 Å². The summed E-state index contributed by atoms with van der Waals surface area (Å²) >= 11 is 0. The highest BCUT2D eigenvalue weighted by Crippen LogP contribution is 2.28. The molecule has 0 N–H and O–H groups in total. The summed E-state index contributed by atoms with van der Waals surface area (Å²) < 4.78 is 11.0. The Morgan fingerprint density at radius 1 is 1.21 bits per heavy atom. The van der Waals surface area contributed by atoms with Crippen LogP contribution in [0.15, 0.2) is 39.3 Å². The standard InChI is InChI=1S/C17H19N5O2/c1-12-19-20-15(23-12)11-22-9-5-8-14(10-22)17-18-16(21-24-17)13-6-3-2-4-7-13/h2-4,6-7,14H,5,8-11H2,1H3/t14-/m1/s1. The van der Waals surface area contributed by atoms with Crippen molar-refractivity contribution in [2.45, 2.75) is 32.2 Å². The molecule has 3 aromatic rings. The van der Waals surface area contributed by atoms with Crippen LogP contribution in [-0.4, -0.2) is 38.3 Å². The lowest BCUT2D eigenvalue weighted by atomic mass is 9.98. The van der Waals surface area contributed by atoms with Crippen molar-refractivity contribution in [3.05, 3.63) is 48.0 Å². The molecular formula is C17H19N5O2. The number of nitrogens with zero attached hydrogens (tertiary/aromatic N) is 5. The van der Waals surface area contributed by atoms with Gasteiger partial charge in [-0.25, -0.2) is 0 Å². The van der Waals surface area contributed by atoms with E-state index in [-0.39, 0.29) is 5.92 Å². The van der Waals surface area contributed by atoms with Crippen LogP contribution in [0.25, 0.3) is 11.4 Å². The van der Waals surface area contributed by atoms with Gasteiger partial charge in [-0.3, -0.25) is 4.90 Å². The highest BCUT2D eigenvalue weighted by molar-refractivity contribution is 5.53. The number of hydrogen-bond acceptors (Lipinski definition) is 7. The summed E-state index contributed by atoms with van der Waals surface area (Å²) in [6, 6.07) is 9.89. The van der Waals surface area contributed by atoms with Crippen molar-refractivity contribution in [3.63, 3.8) is 0 Å². The molecular weight excluding hydrogens is 306 g/mol. The largest absolute Gasteiger partial charge is 0.424 e. The summed E-state index contributed by atoms with van der Waals surface area (Å²) in [6.45, 7) is 4.34. The van der Waals surface area contributed by atoms with Crippen LogP contribution in [0, 0.1) is 6.92 Å². The third-order valence-electron chi connectivity index (χ3n) is 4.26. The maximum atomic E-state index is 5.52. The van der Waals surface area contributed by atoms with E-state index >= 15 is 0 Å². The van der Waals surface area contributed by atoms with E-state index < -0.39 is 0 Å². The molecule has 24 heavy (non-hydrogen) atoms. The van der Waals surface area contributed by atoms with Crippen molar-refractivity contribution in [2.24, 2.45) is 0 Å². The molecule has 0 spiro atoms. The third kappa shape index (κ3) is 3.21. The van der Waals surface area contributed by atoms with E-state index in [9.17, 15) is 0 Å². The summed E-state index contributed by atoms with van der Waals surface area (Å²) in [5.74, 6) is 2.86. The Kier molecular flexibility index (Phi) is 4.08. The fourth-order valence-corrected chi connectivity index (χ4v) is 3.10. The normalized spacial score (nSPS) is 18.8. The van der Waals surface area contributed by atoms with Crippen molar-refractivity contribution in [1.29, 1.82) is 0 Å². The van der Waals surface area contributed by atoms with Crippen LogP contribution in [-0.2, 0) is 6.54 Å². The van der Waals surface area contributed by atoms with Gasteiger partial charge in [0.25, 0.3) is 0 Å². The van der Waals surface area contributed by atoms with Crippen molar-refractivity contribution in [2.75, 3.05) is 13.1 Å². The van der Waals surface area contributed by atoms with Gasteiger partial charge in [-0.15, -0.1) is 10.2 Å². The van der Waals surface area contributed by atoms with E-state index in [0.29, 0.717) is 30.0 Å². The summed E-state index contributed by atoms with van der Waals surface area (Å²) in [4.78, 5) is 6.89. The van der Waals surface area contributed by atoms with Crippen molar-refractivity contribution >= 4 is 0 Å². The molecule has 2 aromatic heterocycles. The van der Waals surface area contributed by atoms with Crippen LogP contribution in [0.1, 0.15) is 36.4 Å². The Morgan fingerprint density at radius 2 is 2.08 bits per heavy atom. The molecule has 0 radical (unpaired) electrons. The molecule has 3 heterocycles. The van der Waals surface area contributed by atoms with Gasteiger partial charge < -0.3 is 8.94 Å². The molecule has 1 aliphatic rings. The first kappa shape index (κ1) is 15.0. The zero-order chi connectivity index (χ0) is 16.4. The quantitative estimate of drug-likeness (QED) is 0.729. The fraction of sp³-hybridized carbons (Fsp3) is 0.412. The number of benzene rings is 1. The van der Waals surface area contributed by atoms with Gasteiger partial charge in [0.15, 0.2) is 0 Å². The zero-order valence-electron chi connectivity index (χ0n) is 13.6. The van der Waals surface area contributed by atoms with Gasteiger partial charge in [-0.05, 0) is 19.4 Å². The molecule has 0 saturated carbocycles. The lowest BCUT2D eigenvalue weighted by Gasteiger charge is -2.29. The minimum absolute atomic E-state index is 0.243. The minimum Gasteiger partial charge on any atom is -0.424 e. The second-order valence-corrected chi connectivity index (χ2v) is 6.11. The highest BCUT2D eigenvalue weighted by atomic mass is 16.5. The number of rotatable bonds is 4. The molecule has 0 bridgehead atoms. The Bertz CT molecular complexity index is 798. The van der Waals surface area contributed by atoms with E-state index in [1.807, 2.05) is 30.3 Å². The molecule has 1 atom stereocenters. The molecule has 0 aliphatic carbocycles. The first-order valence-corrected chi connectivity index (χ1v) is 8.18. The Labute approximate surface area is 139 Å². The van der Waals surface area contributed by atoms with E-state index in [2.05, 4.69) is 25.2 Å². The SMILES string of the molecule is Cc1nnc(CN2CCC[C@@H](c3nc(-c4ccccc4)no3)C2)o1. The van der Waals surface area contributed by atoms with Gasteiger partial charge in [0, 0.05) is 19.0 Å². The molecule has 4 rings (SSSR count). The van der Waals surface area contributed by atoms with Crippen LogP contribution in [0.3, 0.4) is 0 Å². The molecule has 0 unspecified atom stereocenters. The average molecular weight is 325 g/mol. The predicted molar refractivity (Wildman–Crippen MR) is 86.0 cm³/mol. The lowest BCUT2D eigenvalue weighted by Crippen LogP contribution is -2.34. The monoisotopic (exact) mass is 325 g/mol. The van der Waals surface area contributed by atoms with Gasteiger partial charge in [0.05, 0.1) is 12.5 Å². The van der Waals surface area contributed by atoms with Gasteiger partial charge in [0.1, 0.15) is 0 Å². The Hall–Kier alpha value is -2.54. The predicted octanol–water partition coefficient (Wildman–Crippen LogP) is 2.81. The first-order chi connectivity index (χ1) is 11.8. The molecule has 1 aliphatic heterocycles. The van der Waals surface area contributed by atoms with Gasteiger partial charge in [-0.2, -0.15) is 4.98 Å². The topological polar surface area (TPSA) is 81.1 Å². The summed E-state index contributed by atoms with van der Waals surface area (Å²) in [5.41, 5.74) is 0.974. The average Bonchev–Trinajstić information content (AvgIpc) is 3.25. The van der Waals surface area contributed by atoms with Crippen LogP contribution in [0.2, 0.25) is 0 Å². The number of aromatic nitrogens is 4. The van der Waals surface area contributed by atoms with Gasteiger partial charge in [-0.1, -0.05) is 35.5 Å². The maximum absolute atomic E-state index is 5.52. The Morgan fingerprint density at radius 3 is 2.88 bits per heavy atom. The fourth-order valence-electron chi connectivity index (χ4n) is 3.10. The van der Waals surface area contributed by atoms with Gasteiger partial charge in [0.2, 0.25) is 23.5 Å². The third-order valence-corrected chi connectivity index (χ3v) is 4.26. The zero-order valence-corrected chi connectivity index (χ0v) is 13.6. The highest BCUT2D eigenvalue weighted by Gasteiger charge is 2.27. The Balaban J connectivity index is 1.45. The second-order valence-electron chi connectivity index (χ2n) is 6.11. The molecule has 0 amide bonds. The molecule has 1 saturated heterocycles. The van der Waals surface area contributed by atoms with Crippen LogP contribution < -0.4 is 0 Å². The summed E-state index contributed by atoms with van der Waals surface area (Å²) in [7, 11) is 0.